The molecule has 1 N–H and O–H groups in total. The summed E-state index contributed by atoms with van der Waals surface area (Å²) in [4.78, 5) is 26.9. The fourth-order valence-electron chi connectivity index (χ4n) is 2.89. The van der Waals surface area contributed by atoms with Crippen molar-refractivity contribution in [3.8, 4) is 0 Å². The number of halogens is 2. The number of likely N-dealkylation sites (N-methyl/N-ethyl adjacent to an activating group) is 1. The van der Waals surface area contributed by atoms with Crippen molar-refractivity contribution in [2.24, 2.45) is 0 Å². The summed E-state index contributed by atoms with van der Waals surface area (Å²) in [5.41, 5.74) is 3.11. The Morgan fingerprint density at radius 3 is 2.29 bits per heavy atom. The number of carbonyl (C=O) groups is 2. The van der Waals surface area contributed by atoms with E-state index in [0.29, 0.717) is 36.0 Å². The highest BCUT2D eigenvalue weighted by atomic mass is 35.5. The van der Waals surface area contributed by atoms with Crippen LogP contribution in [0.5, 0.6) is 0 Å². The van der Waals surface area contributed by atoms with Crippen molar-refractivity contribution in [3.63, 3.8) is 0 Å². The number of nitrogens with zero attached hydrogens (tertiary/aromatic N) is 1. The molecule has 0 aliphatic rings. The average molecular weight is 421 g/mol. The molecule has 0 bridgehead atoms. The third kappa shape index (κ3) is 6.25. The first kappa shape index (κ1) is 22.3. The van der Waals surface area contributed by atoms with Gasteiger partial charge in [-0.2, -0.15) is 0 Å². The van der Waals surface area contributed by atoms with E-state index in [1.807, 2.05) is 44.2 Å². The van der Waals surface area contributed by atoms with Gasteiger partial charge in [0.05, 0.1) is 10.0 Å². The zero-order valence-electron chi connectivity index (χ0n) is 16.5. The second kappa shape index (κ2) is 10.5. The van der Waals surface area contributed by atoms with Crippen LogP contribution in [0.15, 0.2) is 42.5 Å². The maximum Gasteiger partial charge on any atom is 0.242 e. The summed E-state index contributed by atoms with van der Waals surface area (Å²) in [7, 11) is 0. The van der Waals surface area contributed by atoms with Gasteiger partial charge in [0.15, 0.2) is 0 Å². The molecule has 6 heteroatoms. The van der Waals surface area contributed by atoms with Crippen molar-refractivity contribution in [2.75, 3.05) is 6.54 Å². The van der Waals surface area contributed by atoms with Gasteiger partial charge in [-0.15, -0.1) is 0 Å². The van der Waals surface area contributed by atoms with E-state index in [2.05, 4.69) is 5.32 Å². The Morgan fingerprint density at radius 2 is 1.68 bits per heavy atom. The lowest BCUT2D eigenvalue weighted by Gasteiger charge is -2.29. The summed E-state index contributed by atoms with van der Waals surface area (Å²) < 4.78 is 0. The topological polar surface area (TPSA) is 49.4 Å². The zero-order valence-corrected chi connectivity index (χ0v) is 18.0. The fourth-order valence-corrected chi connectivity index (χ4v) is 3.21. The van der Waals surface area contributed by atoms with E-state index in [4.69, 9.17) is 23.2 Å². The van der Waals surface area contributed by atoms with Crippen LogP contribution in [0.25, 0.3) is 0 Å². The van der Waals surface area contributed by atoms with Crippen molar-refractivity contribution in [1.29, 1.82) is 0 Å². The average Bonchev–Trinajstić information content (AvgIpc) is 2.67. The summed E-state index contributed by atoms with van der Waals surface area (Å²) in [6, 6.07) is 12.8. The lowest BCUT2D eigenvalue weighted by molar-refractivity contribution is -0.140. The summed E-state index contributed by atoms with van der Waals surface area (Å²) in [5, 5.41) is 3.67. The number of carbonyl (C=O) groups excluding carboxylic acids is 2. The monoisotopic (exact) mass is 420 g/mol. The summed E-state index contributed by atoms with van der Waals surface area (Å²) in [6.45, 7) is 6.44. The minimum absolute atomic E-state index is 0.0783. The molecule has 0 saturated heterocycles. The van der Waals surface area contributed by atoms with Crippen LogP contribution in [-0.2, 0) is 22.6 Å². The highest BCUT2D eigenvalue weighted by Crippen LogP contribution is 2.24. The highest BCUT2D eigenvalue weighted by Gasteiger charge is 2.25. The molecule has 0 heterocycles. The molecule has 1 atom stereocenters. The van der Waals surface area contributed by atoms with Crippen LogP contribution < -0.4 is 5.32 Å². The zero-order chi connectivity index (χ0) is 20.7. The van der Waals surface area contributed by atoms with Gasteiger partial charge in [0, 0.05) is 19.5 Å². The van der Waals surface area contributed by atoms with Crippen LogP contribution >= 0.6 is 23.2 Å². The molecule has 2 rings (SSSR count). The van der Waals surface area contributed by atoms with Crippen LogP contribution in [0.3, 0.4) is 0 Å². The van der Waals surface area contributed by atoms with Gasteiger partial charge in [0.25, 0.3) is 0 Å². The van der Waals surface area contributed by atoms with Gasteiger partial charge in [0.1, 0.15) is 6.04 Å². The minimum atomic E-state index is -0.583. The number of hydrogen-bond donors (Lipinski definition) is 1. The second-order valence-electron chi connectivity index (χ2n) is 6.83. The standard InChI is InChI=1S/C22H26Cl2N2O2/c1-4-25-22(28)16(3)26(14-18-9-11-19(23)20(24)13-18)21(27)12-10-17-7-5-15(2)6-8-17/h5-9,11,13,16H,4,10,12,14H2,1-3H3,(H,25,28)/t16-/m1/s1. The molecule has 4 nitrogen and oxygen atoms in total. The molecule has 0 aliphatic heterocycles. The van der Waals surface area contributed by atoms with Gasteiger partial charge in [-0.3, -0.25) is 9.59 Å². The van der Waals surface area contributed by atoms with E-state index in [9.17, 15) is 9.59 Å². The minimum Gasteiger partial charge on any atom is -0.355 e. The van der Waals surface area contributed by atoms with Crippen molar-refractivity contribution in [3.05, 3.63) is 69.2 Å². The van der Waals surface area contributed by atoms with Crippen LogP contribution in [0.4, 0.5) is 0 Å². The lowest BCUT2D eigenvalue weighted by Crippen LogP contribution is -2.47. The SMILES string of the molecule is CCNC(=O)[C@@H](C)N(Cc1ccc(Cl)c(Cl)c1)C(=O)CCc1ccc(C)cc1. The van der Waals surface area contributed by atoms with Gasteiger partial charge in [-0.25, -0.2) is 0 Å². The highest BCUT2D eigenvalue weighted by molar-refractivity contribution is 6.42. The number of rotatable bonds is 8. The van der Waals surface area contributed by atoms with Gasteiger partial charge in [-0.05, 0) is 50.5 Å². The Kier molecular flexibility index (Phi) is 8.34. The molecule has 0 aromatic heterocycles. The first-order valence-corrected chi connectivity index (χ1v) is 10.1. The third-order valence-electron chi connectivity index (χ3n) is 4.60. The predicted octanol–water partition coefficient (Wildman–Crippen LogP) is 4.79. The Hall–Kier alpha value is -2.04. The number of hydrogen-bond acceptors (Lipinski definition) is 2. The number of benzene rings is 2. The molecule has 0 radical (unpaired) electrons. The first-order chi connectivity index (χ1) is 13.3. The molecule has 2 aromatic rings. The van der Waals surface area contributed by atoms with Gasteiger partial charge >= 0.3 is 0 Å². The molecule has 0 saturated carbocycles. The molecular weight excluding hydrogens is 395 g/mol. The quantitative estimate of drug-likeness (QED) is 0.667. The van der Waals surface area contributed by atoms with Crippen molar-refractivity contribution < 1.29 is 9.59 Å². The first-order valence-electron chi connectivity index (χ1n) is 9.38. The molecule has 2 aromatic carbocycles. The van der Waals surface area contributed by atoms with Crippen LogP contribution in [0, 0.1) is 6.92 Å². The van der Waals surface area contributed by atoms with E-state index < -0.39 is 6.04 Å². The number of amides is 2. The molecule has 0 unspecified atom stereocenters. The summed E-state index contributed by atoms with van der Waals surface area (Å²) >= 11 is 12.1. The van der Waals surface area contributed by atoms with E-state index in [-0.39, 0.29) is 11.8 Å². The fraction of sp³-hybridized carbons (Fsp3) is 0.364. The normalized spacial score (nSPS) is 11.8. The van der Waals surface area contributed by atoms with Crippen LogP contribution in [-0.4, -0.2) is 29.3 Å². The maximum atomic E-state index is 13.0. The molecule has 0 aliphatic carbocycles. The van der Waals surface area contributed by atoms with Gasteiger partial charge < -0.3 is 10.2 Å². The van der Waals surface area contributed by atoms with Gasteiger partial charge in [-0.1, -0.05) is 59.1 Å². The van der Waals surface area contributed by atoms with Crippen LogP contribution in [0.2, 0.25) is 10.0 Å². The van der Waals surface area contributed by atoms with E-state index in [1.165, 1.54) is 5.56 Å². The van der Waals surface area contributed by atoms with Crippen molar-refractivity contribution in [1.82, 2.24) is 10.2 Å². The Morgan fingerprint density at radius 1 is 1.04 bits per heavy atom. The maximum absolute atomic E-state index is 13.0. The Balaban J connectivity index is 2.15. The number of aryl methyl sites for hydroxylation is 2. The summed E-state index contributed by atoms with van der Waals surface area (Å²) in [5.74, 6) is -0.253. The lowest BCUT2D eigenvalue weighted by atomic mass is 10.1. The largest absolute Gasteiger partial charge is 0.355 e. The Labute approximate surface area is 176 Å². The van der Waals surface area contributed by atoms with E-state index in [0.717, 1.165) is 11.1 Å². The molecular formula is C22H26Cl2N2O2. The number of nitrogens with one attached hydrogen (secondary N) is 1. The Bertz CT molecular complexity index is 822. The van der Waals surface area contributed by atoms with Gasteiger partial charge in [0.2, 0.25) is 11.8 Å². The van der Waals surface area contributed by atoms with Crippen molar-refractivity contribution in [2.45, 2.75) is 46.2 Å². The predicted molar refractivity (Wildman–Crippen MR) is 115 cm³/mol. The van der Waals surface area contributed by atoms with E-state index in [1.54, 1.807) is 24.0 Å². The smallest absolute Gasteiger partial charge is 0.242 e. The molecule has 28 heavy (non-hydrogen) atoms. The molecule has 2 amide bonds. The molecule has 0 spiro atoms. The third-order valence-corrected chi connectivity index (χ3v) is 5.34. The van der Waals surface area contributed by atoms with E-state index >= 15 is 0 Å². The molecule has 0 fully saturated rings. The second-order valence-corrected chi connectivity index (χ2v) is 7.64. The summed E-state index contributed by atoms with van der Waals surface area (Å²) in [6.07, 6.45) is 0.952. The van der Waals surface area contributed by atoms with Crippen molar-refractivity contribution >= 4 is 35.0 Å². The van der Waals surface area contributed by atoms with Crippen LogP contribution in [0.1, 0.15) is 37.0 Å². The molecule has 150 valence electrons.